The molecule has 2 aliphatic heterocycles. The van der Waals surface area contributed by atoms with E-state index in [1.165, 1.54) is 7.11 Å². The number of nitrogens with two attached hydrogens (primary N) is 1. The van der Waals surface area contributed by atoms with E-state index in [9.17, 15) is 4.79 Å². The fraction of sp³-hybridized carbons (Fsp3) is 0.500. The molecule has 7 nitrogen and oxygen atoms in total. The highest BCUT2D eigenvalue weighted by Crippen LogP contribution is 2.40. The molecule has 7 heteroatoms. The van der Waals surface area contributed by atoms with Crippen LogP contribution in [0.2, 0.25) is 0 Å². The smallest absolute Gasteiger partial charge is 0.340 e. The highest BCUT2D eigenvalue weighted by Gasteiger charge is 2.37. The molecule has 2 aliphatic rings. The van der Waals surface area contributed by atoms with Crippen LogP contribution in [0.5, 0.6) is 5.75 Å². The first-order chi connectivity index (χ1) is 10.9. The van der Waals surface area contributed by atoms with E-state index >= 15 is 0 Å². The van der Waals surface area contributed by atoms with Gasteiger partial charge in [0.05, 0.1) is 25.9 Å². The van der Waals surface area contributed by atoms with Gasteiger partial charge in [-0.25, -0.2) is 9.79 Å². The Labute approximate surface area is 135 Å². The minimum absolute atomic E-state index is 0.291. The summed E-state index contributed by atoms with van der Waals surface area (Å²) in [5, 5.41) is 0. The van der Waals surface area contributed by atoms with Crippen LogP contribution in [0.15, 0.2) is 17.1 Å². The number of esters is 1. The van der Waals surface area contributed by atoms with Crippen LogP contribution < -0.4 is 10.5 Å². The van der Waals surface area contributed by atoms with E-state index in [1.807, 2.05) is 13.8 Å². The maximum atomic E-state index is 11.8. The van der Waals surface area contributed by atoms with Crippen molar-refractivity contribution in [2.24, 2.45) is 4.99 Å². The van der Waals surface area contributed by atoms with Gasteiger partial charge in [0.1, 0.15) is 17.3 Å². The van der Waals surface area contributed by atoms with E-state index in [2.05, 4.69) is 4.90 Å². The molecule has 1 aromatic rings. The van der Waals surface area contributed by atoms with Crippen molar-refractivity contribution in [3.63, 3.8) is 0 Å². The third kappa shape index (κ3) is 2.84. The first kappa shape index (κ1) is 15.6. The maximum absolute atomic E-state index is 11.8. The van der Waals surface area contributed by atoms with E-state index in [1.54, 1.807) is 12.1 Å². The predicted octanol–water partition coefficient (Wildman–Crippen LogP) is 1.59. The fourth-order valence-electron chi connectivity index (χ4n) is 2.84. The van der Waals surface area contributed by atoms with Crippen LogP contribution in [0.3, 0.4) is 0 Å². The quantitative estimate of drug-likeness (QED) is 0.625. The number of fused-ring (bicyclic) bond motifs is 1. The van der Waals surface area contributed by atoms with E-state index in [-0.39, 0.29) is 0 Å². The van der Waals surface area contributed by atoms with Crippen LogP contribution in [0.1, 0.15) is 24.2 Å². The Bertz CT molecular complexity index is 664. The van der Waals surface area contributed by atoms with E-state index in [4.69, 9.17) is 24.9 Å². The number of morpholine rings is 1. The number of amidine groups is 1. The normalized spacial score (nSPS) is 19.4. The van der Waals surface area contributed by atoms with Gasteiger partial charge in [0.25, 0.3) is 0 Å². The molecule has 0 spiro atoms. The summed E-state index contributed by atoms with van der Waals surface area (Å²) < 4.78 is 16.2. The number of benzene rings is 1. The maximum Gasteiger partial charge on any atom is 0.340 e. The van der Waals surface area contributed by atoms with Crippen LogP contribution in [0.4, 0.5) is 11.4 Å². The molecule has 0 bridgehead atoms. The molecule has 0 atom stereocenters. The van der Waals surface area contributed by atoms with Crippen molar-refractivity contribution in [1.29, 1.82) is 0 Å². The largest absolute Gasteiger partial charge is 0.478 e. The minimum Gasteiger partial charge on any atom is -0.478 e. The molecule has 1 fully saturated rings. The Morgan fingerprint density at radius 2 is 2.04 bits per heavy atom. The number of rotatable bonds is 1. The van der Waals surface area contributed by atoms with Crippen molar-refractivity contribution in [2.75, 3.05) is 39.1 Å². The molecular weight excluding hydrogens is 298 g/mol. The lowest BCUT2D eigenvalue weighted by Gasteiger charge is -2.40. The zero-order valence-electron chi connectivity index (χ0n) is 13.6. The van der Waals surface area contributed by atoms with Gasteiger partial charge in [-0.15, -0.1) is 0 Å². The molecule has 0 aromatic heterocycles. The second-order valence-corrected chi connectivity index (χ2v) is 6.05. The Balaban J connectivity index is 2.04. The first-order valence-electron chi connectivity index (χ1n) is 7.55. The minimum atomic E-state index is -0.580. The highest BCUT2D eigenvalue weighted by molar-refractivity contribution is 5.99. The average molecular weight is 319 g/mol. The Hall–Kier alpha value is -2.28. The molecule has 124 valence electrons. The van der Waals surface area contributed by atoms with E-state index < -0.39 is 11.6 Å². The summed E-state index contributed by atoms with van der Waals surface area (Å²) in [5.41, 5.74) is 6.54. The number of nitrogens with zero attached hydrogens (tertiary/aromatic N) is 2. The number of carbonyl (C=O) groups excluding carboxylic acids is 1. The van der Waals surface area contributed by atoms with Gasteiger partial charge in [-0.3, -0.25) is 0 Å². The third-order valence-corrected chi connectivity index (χ3v) is 3.98. The van der Waals surface area contributed by atoms with Gasteiger partial charge in [0, 0.05) is 24.8 Å². The van der Waals surface area contributed by atoms with E-state index in [0.29, 0.717) is 35.9 Å². The molecule has 0 amide bonds. The zero-order valence-corrected chi connectivity index (χ0v) is 13.6. The van der Waals surface area contributed by atoms with E-state index in [0.717, 1.165) is 18.9 Å². The van der Waals surface area contributed by atoms with Gasteiger partial charge < -0.3 is 24.8 Å². The molecule has 2 N–H and O–H groups in total. The SMILES string of the molecule is COC(=O)c1cc2c(cc1N)OC(C)(C)C(N1CCOCC1)=N2. The number of ether oxygens (including phenoxy) is 3. The summed E-state index contributed by atoms with van der Waals surface area (Å²) >= 11 is 0. The number of aliphatic imine (C=N–C) groups is 1. The van der Waals surface area contributed by atoms with Crippen molar-refractivity contribution in [3.8, 4) is 5.75 Å². The van der Waals surface area contributed by atoms with Crippen molar-refractivity contribution in [1.82, 2.24) is 4.90 Å². The van der Waals surface area contributed by atoms with Gasteiger partial charge in [0.2, 0.25) is 0 Å². The van der Waals surface area contributed by atoms with Gasteiger partial charge in [-0.05, 0) is 19.9 Å². The van der Waals surface area contributed by atoms with Gasteiger partial charge in [-0.2, -0.15) is 0 Å². The van der Waals surface area contributed by atoms with Crippen LogP contribution in [-0.2, 0) is 9.47 Å². The van der Waals surface area contributed by atoms with Crippen LogP contribution in [0.25, 0.3) is 0 Å². The number of hydrogen-bond acceptors (Lipinski definition) is 7. The van der Waals surface area contributed by atoms with Gasteiger partial charge in [-0.1, -0.05) is 0 Å². The molecule has 1 aromatic carbocycles. The van der Waals surface area contributed by atoms with Crippen LogP contribution >= 0.6 is 0 Å². The number of hydrogen-bond donors (Lipinski definition) is 1. The number of anilines is 1. The summed E-state index contributed by atoms with van der Waals surface area (Å²) in [6.45, 7) is 6.79. The summed E-state index contributed by atoms with van der Waals surface area (Å²) in [4.78, 5) is 18.7. The molecule has 0 radical (unpaired) electrons. The van der Waals surface area contributed by atoms with Crippen molar-refractivity contribution in [2.45, 2.75) is 19.4 Å². The Kier molecular flexibility index (Phi) is 3.89. The van der Waals surface area contributed by atoms with Crippen molar-refractivity contribution < 1.29 is 19.0 Å². The molecule has 2 heterocycles. The zero-order chi connectivity index (χ0) is 16.6. The molecule has 3 rings (SSSR count). The average Bonchev–Trinajstić information content (AvgIpc) is 2.53. The standard InChI is InChI=1S/C16H21N3O4/c1-16(2)15(19-4-6-22-7-5-19)18-12-8-10(14(20)21-3)11(17)9-13(12)23-16/h8-9H,4-7,17H2,1-3H3. The first-order valence-corrected chi connectivity index (χ1v) is 7.55. The van der Waals surface area contributed by atoms with Crippen LogP contribution in [-0.4, -0.2) is 55.7 Å². The topological polar surface area (TPSA) is 86.4 Å². The number of carbonyl (C=O) groups is 1. The Morgan fingerprint density at radius 3 is 2.70 bits per heavy atom. The van der Waals surface area contributed by atoms with Crippen LogP contribution in [0, 0.1) is 0 Å². The molecule has 0 unspecified atom stereocenters. The predicted molar refractivity (Wildman–Crippen MR) is 86.4 cm³/mol. The van der Waals surface area contributed by atoms with Crippen molar-refractivity contribution in [3.05, 3.63) is 17.7 Å². The highest BCUT2D eigenvalue weighted by atomic mass is 16.5. The summed E-state index contributed by atoms with van der Waals surface area (Å²) in [6, 6.07) is 3.25. The number of nitrogen functional groups attached to an aromatic ring is 1. The number of methoxy groups -OCH3 is 1. The van der Waals surface area contributed by atoms with Gasteiger partial charge >= 0.3 is 5.97 Å². The molecule has 23 heavy (non-hydrogen) atoms. The molecular formula is C16H21N3O4. The fourth-order valence-corrected chi connectivity index (χ4v) is 2.84. The summed E-state index contributed by atoms with van der Waals surface area (Å²) in [7, 11) is 1.32. The molecule has 0 aliphatic carbocycles. The lowest BCUT2D eigenvalue weighted by molar-refractivity contribution is 0.0570. The monoisotopic (exact) mass is 319 g/mol. The van der Waals surface area contributed by atoms with Crippen molar-refractivity contribution >= 4 is 23.2 Å². The summed E-state index contributed by atoms with van der Waals surface area (Å²) in [5.74, 6) is 0.907. The Morgan fingerprint density at radius 1 is 1.35 bits per heavy atom. The lowest BCUT2D eigenvalue weighted by Crippen LogP contribution is -2.53. The van der Waals surface area contributed by atoms with Gasteiger partial charge in [0.15, 0.2) is 5.60 Å². The lowest BCUT2D eigenvalue weighted by atomic mass is 10.0. The summed E-state index contributed by atoms with van der Waals surface area (Å²) in [6.07, 6.45) is 0. The third-order valence-electron chi connectivity index (χ3n) is 3.98. The molecule has 1 saturated heterocycles. The molecule has 0 saturated carbocycles. The second kappa shape index (κ2) is 5.73. The second-order valence-electron chi connectivity index (χ2n) is 6.05.